The van der Waals surface area contributed by atoms with Crippen molar-refractivity contribution in [3.8, 4) is 0 Å². The smallest absolute Gasteiger partial charge is 0.134 e. The lowest BCUT2D eigenvalue weighted by Crippen LogP contribution is -2.32. The quantitative estimate of drug-likeness (QED) is 0.753. The van der Waals surface area contributed by atoms with Crippen molar-refractivity contribution >= 4 is 11.6 Å². The number of aryl methyl sites for hydroxylation is 3. The average molecular weight is 330 g/mol. The monoisotopic (exact) mass is 330 g/mol. The van der Waals surface area contributed by atoms with E-state index >= 15 is 0 Å². The second-order valence-electron chi connectivity index (χ2n) is 6.36. The van der Waals surface area contributed by atoms with E-state index in [9.17, 15) is 5.11 Å². The van der Waals surface area contributed by atoms with Crippen molar-refractivity contribution in [3.05, 3.63) is 29.8 Å². The molecule has 0 bridgehead atoms. The number of hydrogen-bond acceptors (Lipinski definition) is 6. The van der Waals surface area contributed by atoms with Crippen molar-refractivity contribution in [2.24, 2.45) is 0 Å². The Kier molecular flexibility index (Phi) is 5.30. The highest BCUT2D eigenvalue weighted by atomic mass is 16.3. The zero-order valence-corrected chi connectivity index (χ0v) is 14.4. The SMILES string of the molecule is Cc1cc(C)n(CCCNc2cc(N3CCCC3CO)ncn2)n1. The highest BCUT2D eigenvalue weighted by Crippen LogP contribution is 2.24. The summed E-state index contributed by atoms with van der Waals surface area (Å²) in [4.78, 5) is 10.8. The van der Waals surface area contributed by atoms with Crippen LogP contribution in [0.25, 0.3) is 0 Å². The lowest BCUT2D eigenvalue weighted by molar-refractivity contribution is 0.266. The second kappa shape index (κ2) is 7.61. The first-order valence-corrected chi connectivity index (χ1v) is 8.62. The van der Waals surface area contributed by atoms with Crippen LogP contribution in [0.15, 0.2) is 18.5 Å². The molecule has 1 aliphatic rings. The maximum Gasteiger partial charge on any atom is 0.134 e. The lowest BCUT2D eigenvalue weighted by Gasteiger charge is -2.24. The molecule has 0 aromatic carbocycles. The van der Waals surface area contributed by atoms with Gasteiger partial charge in [-0.2, -0.15) is 5.10 Å². The maximum absolute atomic E-state index is 9.46. The zero-order valence-electron chi connectivity index (χ0n) is 14.4. The van der Waals surface area contributed by atoms with Gasteiger partial charge in [0, 0.05) is 31.4 Å². The summed E-state index contributed by atoms with van der Waals surface area (Å²) in [7, 11) is 0. The molecular weight excluding hydrogens is 304 g/mol. The lowest BCUT2D eigenvalue weighted by atomic mass is 10.2. The third-order valence-corrected chi connectivity index (χ3v) is 4.49. The van der Waals surface area contributed by atoms with Gasteiger partial charge >= 0.3 is 0 Å². The Labute approximate surface area is 142 Å². The fourth-order valence-corrected chi connectivity index (χ4v) is 3.27. The van der Waals surface area contributed by atoms with Crippen molar-refractivity contribution in [1.82, 2.24) is 19.7 Å². The van der Waals surface area contributed by atoms with Crippen LogP contribution in [0, 0.1) is 13.8 Å². The third-order valence-electron chi connectivity index (χ3n) is 4.49. The Hall–Kier alpha value is -2.15. The van der Waals surface area contributed by atoms with Gasteiger partial charge in [0.1, 0.15) is 18.0 Å². The predicted molar refractivity (Wildman–Crippen MR) is 94.3 cm³/mol. The van der Waals surface area contributed by atoms with E-state index in [-0.39, 0.29) is 12.6 Å². The Morgan fingerprint density at radius 2 is 2.17 bits per heavy atom. The molecular formula is C17H26N6O. The summed E-state index contributed by atoms with van der Waals surface area (Å²) in [5.74, 6) is 1.72. The molecule has 1 atom stereocenters. The molecule has 3 heterocycles. The standard InChI is InChI=1S/C17H26N6O/c1-13-9-14(2)23(21-13)8-4-6-18-16-10-17(20-12-19-16)22-7-3-5-15(22)11-24/h9-10,12,15,24H,3-8,11H2,1-2H3,(H,18,19,20). The molecule has 2 aromatic heterocycles. The minimum Gasteiger partial charge on any atom is -0.394 e. The first-order valence-electron chi connectivity index (χ1n) is 8.62. The van der Waals surface area contributed by atoms with Gasteiger partial charge in [-0.05, 0) is 39.2 Å². The molecule has 130 valence electrons. The first-order chi connectivity index (χ1) is 11.7. The van der Waals surface area contributed by atoms with E-state index in [2.05, 4.69) is 38.3 Å². The van der Waals surface area contributed by atoms with E-state index in [0.717, 1.165) is 56.2 Å². The van der Waals surface area contributed by atoms with Crippen LogP contribution in [0.4, 0.5) is 11.6 Å². The molecule has 7 nitrogen and oxygen atoms in total. The average Bonchev–Trinajstić information content (AvgIpc) is 3.18. The summed E-state index contributed by atoms with van der Waals surface area (Å²) in [5, 5.41) is 17.3. The van der Waals surface area contributed by atoms with Crippen LogP contribution in [0.2, 0.25) is 0 Å². The highest BCUT2D eigenvalue weighted by Gasteiger charge is 2.25. The highest BCUT2D eigenvalue weighted by molar-refractivity contribution is 5.49. The van der Waals surface area contributed by atoms with Crippen LogP contribution < -0.4 is 10.2 Å². The molecule has 0 amide bonds. The van der Waals surface area contributed by atoms with E-state index < -0.39 is 0 Å². The fourth-order valence-electron chi connectivity index (χ4n) is 3.27. The number of nitrogens with one attached hydrogen (secondary N) is 1. The van der Waals surface area contributed by atoms with E-state index in [1.165, 1.54) is 5.69 Å². The molecule has 2 aromatic rings. The van der Waals surface area contributed by atoms with Crippen LogP contribution in [-0.4, -0.2) is 50.6 Å². The van der Waals surface area contributed by atoms with Gasteiger partial charge in [-0.3, -0.25) is 4.68 Å². The van der Waals surface area contributed by atoms with E-state index in [0.29, 0.717) is 0 Å². The molecule has 7 heteroatoms. The van der Waals surface area contributed by atoms with Gasteiger partial charge in [0.2, 0.25) is 0 Å². The van der Waals surface area contributed by atoms with Crippen LogP contribution in [0.1, 0.15) is 30.7 Å². The van der Waals surface area contributed by atoms with Gasteiger partial charge in [0.25, 0.3) is 0 Å². The Morgan fingerprint density at radius 1 is 1.29 bits per heavy atom. The van der Waals surface area contributed by atoms with Gasteiger partial charge in [-0.15, -0.1) is 0 Å². The summed E-state index contributed by atoms with van der Waals surface area (Å²) in [5.41, 5.74) is 2.26. The van der Waals surface area contributed by atoms with Crippen molar-refractivity contribution < 1.29 is 5.11 Å². The molecule has 1 saturated heterocycles. The summed E-state index contributed by atoms with van der Waals surface area (Å²) >= 11 is 0. The summed E-state index contributed by atoms with van der Waals surface area (Å²) in [6, 6.07) is 4.24. The van der Waals surface area contributed by atoms with E-state index in [1.54, 1.807) is 6.33 Å². The topological polar surface area (TPSA) is 79.1 Å². The minimum atomic E-state index is 0.176. The molecule has 0 spiro atoms. The first kappa shape index (κ1) is 16.7. The maximum atomic E-state index is 9.46. The Morgan fingerprint density at radius 3 is 2.92 bits per heavy atom. The normalized spacial score (nSPS) is 17.5. The molecule has 1 fully saturated rings. The Bertz CT molecular complexity index is 671. The van der Waals surface area contributed by atoms with Gasteiger partial charge in [-0.1, -0.05) is 0 Å². The van der Waals surface area contributed by atoms with Crippen molar-refractivity contribution in [2.45, 2.75) is 45.7 Å². The van der Waals surface area contributed by atoms with Crippen molar-refractivity contribution in [3.63, 3.8) is 0 Å². The van der Waals surface area contributed by atoms with Gasteiger partial charge < -0.3 is 15.3 Å². The molecule has 3 rings (SSSR count). The molecule has 1 aliphatic heterocycles. The summed E-state index contributed by atoms with van der Waals surface area (Å²) in [6.07, 6.45) is 4.68. The number of aliphatic hydroxyl groups excluding tert-OH is 1. The molecule has 0 radical (unpaired) electrons. The molecule has 0 saturated carbocycles. The van der Waals surface area contributed by atoms with Crippen LogP contribution in [0.5, 0.6) is 0 Å². The minimum absolute atomic E-state index is 0.176. The second-order valence-corrected chi connectivity index (χ2v) is 6.36. The van der Waals surface area contributed by atoms with Crippen molar-refractivity contribution in [2.75, 3.05) is 29.9 Å². The number of aromatic nitrogens is 4. The summed E-state index contributed by atoms with van der Waals surface area (Å²) < 4.78 is 2.04. The van der Waals surface area contributed by atoms with Crippen LogP contribution >= 0.6 is 0 Å². The van der Waals surface area contributed by atoms with Gasteiger partial charge in [0.05, 0.1) is 18.3 Å². The van der Waals surface area contributed by atoms with Gasteiger partial charge in [0.15, 0.2) is 0 Å². The Balaban J connectivity index is 1.52. The third kappa shape index (κ3) is 3.84. The summed E-state index contributed by atoms with van der Waals surface area (Å²) in [6.45, 7) is 6.94. The number of anilines is 2. The van der Waals surface area contributed by atoms with Crippen LogP contribution in [0.3, 0.4) is 0 Å². The molecule has 24 heavy (non-hydrogen) atoms. The van der Waals surface area contributed by atoms with E-state index in [1.807, 2.05) is 17.7 Å². The van der Waals surface area contributed by atoms with Gasteiger partial charge in [-0.25, -0.2) is 9.97 Å². The fraction of sp³-hybridized carbons (Fsp3) is 0.588. The van der Waals surface area contributed by atoms with Crippen LogP contribution in [-0.2, 0) is 6.54 Å². The van der Waals surface area contributed by atoms with Crippen molar-refractivity contribution in [1.29, 1.82) is 0 Å². The number of hydrogen-bond donors (Lipinski definition) is 2. The van der Waals surface area contributed by atoms with E-state index in [4.69, 9.17) is 0 Å². The largest absolute Gasteiger partial charge is 0.394 e. The number of rotatable bonds is 7. The zero-order chi connectivity index (χ0) is 16.9. The predicted octanol–water partition coefficient (Wildman–Crippen LogP) is 1.75. The molecule has 1 unspecified atom stereocenters. The number of nitrogens with zero attached hydrogens (tertiary/aromatic N) is 5. The number of aliphatic hydroxyl groups is 1. The molecule has 0 aliphatic carbocycles. The molecule has 2 N–H and O–H groups in total.